The van der Waals surface area contributed by atoms with E-state index in [0.29, 0.717) is 12.5 Å². The summed E-state index contributed by atoms with van der Waals surface area (Å²) >= 11 is 1.78. The second kappa shape index (κ2) is 9.23. The van der Waals surface area contributed by atoms with Gasteiger partial charge < -0.3 is 15.8 Å². The molecule has 0 aromatic heterocycles. The van der Waals surface area contributed by atoms with E-state index in [2.05, 4.69) is 41.5 Å². The summed E-state index contributed by atoms with van der Waals surface area (Å²) in [5.74, 6) is 2.17. The van der Waals surface area contributed by atoms with Gasteiger partial charge in [-0.1, -0.05) is 17.7 Å². The first-order chi connectivity index (χ1) is 11.5. The first-order valence-corrected chi connectivity index (χ1v) is 9.04. The maximum Gasteiger partial charge on any atom is 0.193 e. The van der Waals surface area contributed by atoms with E-state index in [-0.39, 0.29) is 6.10 Å². The van der Waals surface area contributed by atoms with Crippen LogP contribution in [-0.2, 0) is 0 Å². The number of hydrogen-bond donors (Lipinski definition) is 2. The van der Waals surface area contributed by atoms with Gasteiger partial charge in [-0.2, -0.15) is 0 Å². The highest BCUT2D eigenvalue weighted by Crippen LogP contribution is 2.18. The number of thioether (sulfide) groups is 1. The number of nitrogens with zero attached hydrogens (tertiary/aromatic N) is 1. The minimum Gasteiger partial charge on any atom is -0.491 e. The number of rotatable bonds is 7. The third-order valence-corrected chi connectivity index (χ3v) is 4.15. The van der Waals surface area contributed by atoms with Crippen molar-refractivity contribution >= 4 is 23.4 Å². The van der Waals surface area contributed by atoms with Crippen LogP contribution in [0.2, 0.25) is 0 Å². The third-order valence-electron chi connectivity index (χ3n) is 3.16. The van der Waals surface area contributed by atoms with Gasteiger partial charge in [-0.3, -0.25) is 4.99 Å². The number of aliphatic imine (C=N–C) groups is 1. The molecule has 0 aliphatic carbocycles. The number of nitrogens with two attached hydrogens (primary N) is 1. The van der Waals surface area contributed by atoms with Gasteiger partial charge in [-0.05, 0) is 57.2 Å². The highest BCUT2D eigenvalue weighted by molar-refractivity contribution is 7.99. The number of hydrogen-bond acceptors (Lipinski definition) is 3. The van der Waals surface area contributed by atoms with Gasteiger partial charge in [-0.25, -0.2) is 0 Å². The van der Waals surface area contributed by atoms with Crippen molar-refractivity contribution in [3.63, 3.8) is 0 Å². The topological polar surface area (TPSA) is 59.6 Å². The van der Waals surface area contributed by atoms with Crippen molar-refractivity contribution in [1.29, 1.82) is 0 Å². The van der Waals surface area contributed by atoms with Crippen molar-refractivity contribution in [3.05, 3.63) is 54.1 Å². The Balaban J connectivity index is 1.75. The molecule has 2 rings (SSSR count). The Labute approximate surface area is 148 Å². The van der Waals surface area contributed by atoms with Gasteiger partial charge in [0.05, 0.1) is 12.6 Å². The molecule has 128 valence electrons. The number of guanidine groups is 1. The van der Waals surface area contributed by atoms with Crippen LogP contribution >= 0.6 is 11.8 Å². The first kappa shape index (κ1) is 18.2. The van der Waals surface area contributed by atoms with Gasteiger partial charge in [0, 0.05) is 16.3 Å². The van der Waals surface area contributed by atoms with Crippen LogP contribution in [0.25, 0.3) is 0 Å². The zero-order chi connectivity index (χ0) is 17.4. The summed E-state index contributed by atoms with van der Waals surface area (Å²) in [5, 5.41) is 3.09. The molecule has 0 atom stereocenters. The van der Waals surface area contributed by atoms with Crippen LogP contribution in [0.1, 0.15) is 19.4 Å². The van der Waals surface area contributed by atoms with E-state index in [0.717, 1.165) is 17.2 Å². The van der Waals surface area contributed by atoms with Gasteiger partial charge in [0.25, 0.3) is 0 Å². The van der Waals surface area contributed by atoms with Crippen LogP contribution in [0.5, 0.6) is 5.75 Å². The third kappa shape index (κ3) is 6.54. The van der Waals surface area contributed by atoms with E-state index < -0.39 is 0 Å². The Morgan fingerprint density at radius 3 is 2.42 bits per heavy atom. The lowest BCUT2D eigenvalue weighted by Crippen LogP contribution is -2.23. The van der Waals surface area contributed by atoms with Gasteiger partial charge in [0.1, 0.15) is 5.75 Å². The Kier molecular flexibility index (Phi) is 7.00. The fourth-order valence-electron chi connectivity index (χ4n) is 2.04. The average molecular weight is 343 g/mol. The number of ether oxygens (including phenoxy) is 1. The summed E-state index contributed by atoms with van der Waals surface area (Å²) in [6.45, 7) is 6.77. The Morgan fingerprint density at radius 2 is 1.79 bits per heavy atom. The molecule has 2 aromatic carbocycles. The fraction of sp³-hybridized carbons (Fsp3) is 0.316. The molecule has 0 spiro atoms. The molecule has 0 aliphatic heterocycles. The molecule has 4 nitrogen and oxygen atoms in total. The summed E-state index contributed by atoms with van der Waals surface area (Å²) < 4.78 is 5.61. The van der Waals surface area contributed by atoms with Crippen LogP contribution in [0.15, 0.2) is 58.4 Å². The summed E-state index contributed by atoms with van der Waals surface area (Å²) in [4.78, 5) is 5.61. The van der Waals surface area contributed by atoms with Gasteiger partial charge >= 0.3 is 0 Å². The second-order valence-electron chi connectivity index (χ2n) is 5.74. The van der Waals surface area contributed by atoms with E-state index in [1.54, 1.807) is 11.8 Å². The van der Waals surface area contributed by atoms with E-state index in [1.165, 1.54) is 10.5 Å². The maximum atomic E-state index is 5.92. The van der Waals surface area contributed by atoms with Crippen molar-refractivity contribution in [2.75, 3.05) is 17.6 Å². The minimum atomic E-state index is 0.168. The predicted molar refractivity (Wildman–Crippen MR) is 104 cm³/mol. The Morgan fingerprint density at radius 1 is 1.12 bits per heavy atom. The van der Waals surface area contributed by atoms with E-state index in [4.69, 9.17) is 10.5 Å². The highest BCUT2D eigenvalue weighted by atomic mass is 32.2. The van der Waals surface area contributed by atoms with E-state index in [1.807, 2.05) is 38.1 Å². The van der Waals surface area contributed by atoms with Gasteiger partial charge in [0.15, 0.2) is 5.96 Å². The molecule has 24 heavy (non-hydrogen) atoms. The normalized spacial score (nSPS) is 11.6. The molecule has 0 unspecified atom stereocenters. The van der Waals surface area contributed by atoms with Crippen molar-refractivity contribution in [3.8, 4) is 5.75 Å². The van der Waals surface area contributed by atoms with Crippen LogP contribution < -0.4 is 15.8 Å². The molecule has 0 saturated carbocycles. The monoisotopic (exact) mass is 343 g/mol. The Bertz CT molecular complexity index is 651. The molecular formula is C19H25N3OS. The first-order valence-electron chi connectivity index (χ1n) is 8.06. The summed E-state index contributed by atoms with van der Waals surface area (Å²) in [6.07, 6.45) is 0.168. The Hall–Kier alpha value is -2.14. The molecule has 0 heterocycles. The van der Waals surface area contributed by atoms with Crippen molar-refractivity contribution in [2.24, 2.45) is 10.7 Å². The molecule has 0 bridgehead atoms. The lowest BCUT2D eigenvalue weighted by molar-refractivity contribution is 0.242. The molecule has 5 heteroatoms. The largest absolute Gasteiger partial charge is 0.491 e. The smallest absolute Gasteiger partial charge is 0.193 e. The van der Waals surface area contributed by atoms with Crippen LogP contribution in [0.4, 0.5) is 5.69 Å². The quantitative estimate of drug-likeness (QED) is 0.340. The minimum absolute atomic E-state index is 0.168. The molecule has 0 radical (unpaired) electrons. The summed E-state index contributed by atoms with van der Waals surface area (Å²) in [7, 11) is 0. The van der Waals surface area contributed by atoms with Gasteiger partial charge in [-0.15, -0.1) is 11.8 Å². The second-order valence-corrected chi connectivity index (χ2v) is 6.91. The standard InChI is InChI=1S/C19H25N3OS/c1-14(2)23-17-8-6-16(7-9-17)22-19(20)21-12-13-24-18-10-4-15(3)5-11-18/h4-11,14H,12-13H2,1-3H3,(H3,20,21,22). The molecule has 0 saturated heterocycles. The summed E-state index contributed by atoms with van der Waals surface area (Å²) in [5.41, 5.74) is 8.10. The van der Waals surface area contributed by atoms with Crippen molar-refractivity contribution < 1.29 is 4.74 Å². The fourth-order valence-corrected chi connectivity index (χ4v) is 2.79. The molecule has 0 aliphatic rings. The van der Waals surface area contributed by atoms with Crippen LogP contribution in [-0.4, -0.2) is 24.4 Å². The zero-order valence-corrected chi connectivity index (χ0v) is 15.3. The number of nitrogens with one attached hydrogen (secondary N) is 1. The lowest BCUT2D eigenvalue weighted by atomic mass is 10.2. The molecule has 0 fully saturated rings. The predicted octanol–water partition coefficient (Wildman–Crippen LogP) is 4.30. The average Bonchev–Trinajstić information content (AvgIpc) is 2.55. The molecule has 3 N–H and O–H groups in total. The van der Waals surface area contributed by atoms with E-state index >= 15 is 0 Å². The lowest BCUT2D eigenvalue weighted by Gasteiger charge is -2.10. The van der Waals surface area contributed by atoms with Crippen LogP contribution in [0.3, 0.4) is 0 Å². The molecule has 0 amide bonds. The van der Waals surface area contributed by atoms with Crippen molar-refractivity contribution in [2.45, 2.75) is 31.8 Å². The summed E-state index contributed by atoms with van der Waals surface area (Å²) in [6, 6.07) is 16.2. The van der Waals surface area contributed by atoms with Gasteiger partial charge in [0.2, 0.25) is 0 Å². The SMILES string of the molecule is Cc1ccc(SCCN=C(N)Nc2ccc(OC(C)C)cc2)cc1. The van der Waals surface area contributed by atoms with E-state index in [9.17, 15) is 0 Å². The maximum absolute atomic E-state index is 5.92. The molecule has 2 aromatic rings. The zero-order valence-electron chi connectivity index (χ0n) is 14.5. The highest BCUT2D eigenvalue weighted by Gasteiger charge is 1.99. The van der Waals surface area contributed by atoms with Crippen LogP contribution in [0, 0.1) is 6.92 Å². The number of aryl methyl sites for hydroxylation is 1. The number of anilines is 1. The number of benzene rings is 2. The van der Waals surface area contributed by atoms with Crippen molar-refractivity contribution in [1.82, 2.24) is 0 Å². The molecular weight excluding hydrogens is 318 g/mol.